The predicted octanol–water partition coefficient (Wildman–Crippen LogP) is 6.91. The number of aliphatic carboxylic acids is 1. The number of hydrogen-bond acceptors (Lipinski definition) is 6. The second-order valence-corrected chi connectivity index (χ2v) is 13.3. The number of hydrogen-bond donors (Lipinski definition) is 3. The van der Waals surface area contributed by atoms with E-state index in [0.29, 0.717) is 27.4 Å². The number of amides is 2. The number of carbonyl (C=O) groups is 3. The Bertz CT molecular complexity index is 1880. The van der Waals surface area contributed by atoms with Crippen molar-refractivity contribution in [2.45, 2.75) is 51.6 Å². The molecule has 0 unspecified atom stereocenters. The third kappa shape index (κ3) is 8.14. The highest BCUT2D eigenvalue weighted by molar-refractivity contribution is 7.14. The number of halogens is 1. The Kier molecular flexibility index (Phi) is 9.91. The molecule has 3 aromatic carbocycles. The second-order valence-electron chi connectivity index (χ2n) is 12.3. The molecule has 0 saturated carbocycles. The third-order valence-electron chi connectivity index (χ3n) is 7.61. The van der Waals surface area contributed by atoms with Crippen molar-refractivity contribution in [1.82, 2.24) is 20.6 Å². The normalized spacial score (nSPS) is 12.6. The Hall–Kier alpha value is -5.22. The number of nitrogens with zero attached hydrogens (tertiary/aromatic N) is 2. The minimum absolute atomic E-state index is 0.125. The van der Waals surface area contributed by atoms with Crippen LogP contribution in [0.4, 0.5) is 4.39 Å². The van der Waals surface area contributed by atoms with Gasteiger partial charge in [0.15, 0.2) is 5.82 Å². The molecule has 2 amide bonds. The van der Waals surface area contributed by atoms with Crippen molar-refractivity contribution in [3.05, 3.63) is 118 Å². The van der Waals surface area contributed by atoms with Gasteiger partial charge in [0, 0.05) is 40.4 Å². The summed E-state index contributed by atoms with van der Waals surface area (Å²) in [5.41, 5.74) is 3.95. The van der Waals surface area contributed by atoms with Gasteiger partial charge in [-0.15, -0.1) is 11.3 Å². The fourth-order valence-electron chi connectivity index (χ4n) is 4.88. The summed E-state index contributed by atoms with van der Waals surface area (Å²) in [7, 11) is 0. The van der Waals surface area contributed by atoms with E-state index < -0.39 is 29.9 Å². The van der Waals surface area contributed by atoms with Gasteiger partial charge in [0.05, 0.1) is 4.88 Å². The molecule has 0 aliphatic carbocycles. The maximum Gasteiger partial charge on any atom is 0.325 e. The van der Waals surface area contributed by atoms with Crippen LogP contribution in [0, 0.1) is 5.82 Å². The topological polar surface area (TPSA) is 121 Å². The van der Waals surface area contributed by atoms with Gasteiger partial charge in [0.2, 0.25) is 5.91 Å². The van der Waals surface area contributed by atoms with E-state index in [4.69, 9.17) is 0 Å². The molecule has 0 radical (unpaired) electrons. The van der Waals surface area contributed by atoms with E-state index in [1.165, 1.54) is 24.3 Å². The summed E-state index contributed by atoms with van der Waals surface area (Å²) in [4.78, 5) is 48.0. The second kappa shape index (κ2) is 14.0. The molecule has 47 heavy (non-hydrogen) atoms. The number of carbonyl (C=O) groups excluding carboxylic acids is 2. The molecular weight excluding hydrogens is 615 g/mol. The number of benzene rings is 3. The number of carboxylic acid groups (broad SMARTS) is 1. The highest BCUT2D eigenvalue weighted by Gasteiger charge is 2.26. The van der Waals surface area contributed by atoms with Gasteiger partial charge in [-0.2, -0.15) is 0 Å². The molecule has 3 N–H and O–H groups in total. The molecule has 2 aromatic heterocycles. The fraction of sp³-hybridized carbons (Fsp3) is 0.216. The van der Waals surface area contributed by atoms with Crippen LogP contribution in [0.3, 0.4) is 0 Å². The number of nitrogens with one attached hydrogen (secondary N) is 2. The highest BCUT2D eigenvalue weighted by atomic mass is 32.1. The lowest BCUT2D eigenvalue weighted by atomic mass is 9.95. The van der Waals surface area contributed by atoms with Gasteiger partial charge >= 0.3 is 5.97 Å². The first-order valence-electron chi connectivity index (χ1n) is 15.1. The van der Waals surface area contributed by atoms with Crippen LogP contribution < -0.4 is 10.6 Å². The number of aromatic nitrogens is 2. The quantitative estimate of drug-likeness (QED) is 0.151. The van der Waals surface area contributed by atoms with E-state index in [1.807, 2.05) is 42.5 Å². The highest BCUT2D eigenvalue weighted by Crippen LogP contribution is 2.30. The predicted molar refractivity (Wildman–Crippen MR) is 182 cm³/mol. The Morgan fingerprint density at radius 2 is 1.49 bits per heavy atom. The van der Waals surface area contributed by atoms with Crippen molar-refractivity contribution in [2.75, 3.05) is 0 Å². The average Bonchev–Trinajstić information content (AvgIpc) is 3.57. The van der Waals surface area contributed by atoms with Crippen LogP contribution in [0.25, 0.3) is 33.6 Å². The lowest BCUT2D eigenvalue weighted by molar-refractivity contribution is -0.141. The molecule has 240 valence electrons. The molecule has 5 aromatic rings. The van der Waals surface area contributed by atoms with Crippen LogP contribution in [0.15, 0.2) is 97.3 Å². The van der Waals surface area contributed by atoms with E-state index >= 15 is 4.39 Å². The maximum atomic E-state index is 15.0. The summed E-state index contributed by atoms with van der Waals surface area (Å²) >= 11 is 1.35. The molecule has 5 rings (SSSR count). The lowest BCUT2D eigenvalue weighted by Gasteiger charge is -2.20. The Morgan fingerprint density at radius 3 is 2.09 bits per heavy atom. The Balaban J connectivity index is 1.30. The van der Waals surface area contributed by atoms with Crippen LogP contribution in [0.5, 0.6) is 0 Å². The standard InChI is InChI=1S/C37H35FN4O4S/c1-22(36(45)46)41-34(43)30(42-35(44)31-16-17-32(47-31)37(2,3)4)18-23-10-12-25(13-11-23)33-39-20-27(21-40-33)28-15-14-26(19-29(28)38)24-8-6-5-7-9-24/h5-17,19-22,30H,18H2,1-4H3,(H,41,43)(H,42,44)(H,45,46)/t22-,30+/m1/s1. The molecule has 0 aliphatic rings. The largest absolute Gasteiger partial charge is 0.480 e. The van der Waals surface area contributed by atoms with Crippen molar-refractivity contribution in [2.24, 2.45) is 0 Å². The van der Waals surface area contributed by atoms with E-state index in [-0.39, 0.29) is 17.7 Å². The summed E-state index contributed by atoms with van der Waals surface area (Å²) in [5, 5.41) is 14.5. The molecule has 2 atom stereocenters. The molecule has 0 saturated heterocycles. The van der Waals surface area contributed by atoms with Gasteiger partial charge in [0.1, 0.15) is 17.9 Å². The van der Waals surface area contributed by atoms with Gasteiger partial charge in [-0.05, 0) is 47.2 Å². The molecule has 0 spiro atoms. The molecule has 0 fully saturated rings. The molecule has 2 heterocycles. The number of rotatable bonds is 10. The van der Waals surface area contributed by atoms with Gasteiger partial charge in [-0.1, -0.05) is 87.5 Å². The van der Waals surface area contributed by atoms with Crippen LogP contribution in [0.2, 0.25) is 0 Å². The van der Waals surface area contributed by atoms with Crippen LogP contribution >= 0.6 is 11.3 Å². The number of thiophene rings is 1. The first-order chi connectivity index (χ1) is 22.4. The van der Waals surface area contributed by atoms with Gasteiger partial charge < -0.3 is 15.7 Å². The number of carboxylic acids is 1. The van der Waals surface area contributed by atoms with Crippen LogP contribution in [0.1, 0.15) is 47.8 Å². The maximum absolute atomic E-state index is 15.0. The molecule has 10 heteroatoms. The molecule has 8 nitrogen and oxygen atoms in total. The van der Waals surface area contributed by atoms with Crippen molar-refractivity contribution in [1.29, 1.82) is 0 Å². The van der Waals surface area contributed by atoms with Crippen molar-refractivity contribution in [3.63, 3.8) is 0 Å². The minimum Gasteiger partial charge on any atom is -0.480 e. The summed E-state index contributed by atoms with van der Waals surface area (Å²) < 4.78 is 15.0. The first kappa shape index (κ1) is 33.2. The van der Waals surface area contributed by atoms with E-state index in [9.17, 15) is 19.5 Å². The summed E-state index contributed by atoms with van der Waals surface area (Å²) in [5.74, 6) is -2.13. The Labute approximate surface area is 276 Å². The van der Waals surface area contributed by atoms with Gasteiger partial charge in [0.25, 0.3) is 5.91 Å². The van der Waals surface area contributed by atoms with E-state index in [2.05, 4.69) is 41.4 Å². The zero-order valence-electron chi connectivity index (χ0n) is 26.5. The van der Waals surface area contributed by atoms with Crippen molar-refractivity contribution in [3.8, 4) is 33.6 Å². The monoisotopic (exact) mass is 650 g/mol. The zero-order chi connectivity index (χ0) is 33.7. The lowest BCUT2D eigenvalue weighted by Crippen LogP contribution is -2.51. The third-order valence-corrected chi connectivity index (χ3v) is 9.12. The molecule has 0 aliphatic heterocycles. The summed E-state index contributed by atoms with van der Waals surface area (Å²) in [6.07, 6.45) is 3.28. The van der Waals surface area contributed by atoms with Crippen molar-refractivity contribution < 1.29 is 23.9 Å². The fourth-order valence-corrected chi connectivity index (χ4v) is 5.85. The zero-order valence-corrected chi connectivity index (χ0v) is 27.3. The molecule has 0 bridgehead atoms. The smallest absolute Gasteiger partial charge is 0.325 e. The van der Waals surface area contributed by atoms with Crippen LogP contribution in [-0.4, -0.2) is 44.9 Å². The molecular formula is C37H35FN4O4S. The van der Waals surface area contributed by atoms with Gasteiger partial charge in [-0.25, -0.2) is 14.4 Å². The minimum atomic E-state index is -1.18. The van der Waals surface area contributed by atoms with Crippen LogP contribution in [-0.2, 0) is 21.4 Å². The Morgan fingerprint density at radius 1 is 0.830 bits per heavy atom. The SMILES string of the molecule is C[C@@H](NC(=O)[C@H](Cc1ccc(-c2ncc(-c3ccc(-c4ccccc4)cc3F)cn2)cc1)NC(=O)c1ccc(C(C)(C)C)s1)C(=O)O. The first-order valence-corrected chi connectivity index (χ1v) is 15.9. The van der Waals surface area contributed by atoms with Crippen molar-refractivity contribution >= 4 is 29.1 Å². The average molecular weight is 651 g/mol. The van der Waals surface area contributed by atoms with Gasteiger partial charge in [-0.3, -0.25) is 14.4 Å². The van der Waals surface area contributed by atoms with E-state index in [0.717, 1.165) is 21.6 Å². The summed E-state index contributed by atoms with van der Waals surface area (Å²) in [6.45, 7) is 7.52. The summed E-state index contributed by atoms with van der Waals surface area (Å²) in [6, 6.07) is 23.3. The van der Waals surface area contributed by atoms with E-state index in [1.54, 1.807) is 48.8 Å².